The summed E-state index contributed by atoms with van der Waals surface area (Å²) in [4.78, 5) is 12.8. The van der Waals surface area contributed by atoms with E-state index in [4.69, 9.17) is 14.2 Å². The monoisotopic (exact) mass is 387 g/mol. The molecule has 0 saturated heterocycles. The molecule has 5 nitrogen and oxygen atoms in total. The van der Waals surface area contributed by atoms with E-state index in [0.29, 0.717) is 29.4 Å². The first-order valence-corrected chi connectivity index (χ1v) is 9.37. The molecule has 0 radical (unpaired) electrons. The number of carbonyl (C=O) groups excluding carboxylic acids is 1. The third kappa shape index (κ3) is 3.91. The van der Waals surface area contributed by atoms with E-state index in [-0.39, 0.29) is 17.1 Å². The summed E-state index contributed by atoms with van der Waals surface area (Å²) in [6.07, 6.45) is 4.12. The maximum absolute atomic E-state index is 13.3. The number of benzene rings is 2. The number of hydrogen-bond donors (Lipinski definition) is 1. The highest BCUT2D eigenvalue weighted by molar-refractivity contribution is 5.95. The van der Waals surface area contributed by atoms with Crippen LogP contribution >= 0.6 is 0 Å². The lowest BCUT2D eigenvalue weighted by Crippen LogP contribution is -2.39. The van der Waals surface area contributed by atoms with Crippen LogP contribution in [0.3, 0.4) is 0 Å². The van der Waals surface area contributed by atoms with Crippen molar-refractivity contribution in [3.63, 3.8) is 0 Å². The second kappa shape index (κ2) is 8.50. The topological polar surface area (TPSA) is 56.8 Å². The Morgan fingerprint density at radius 1 is 1.00 bits per heavy atom. The van der Waals surface area contributed by atoms with E-state index in [2.05, 4.69) is 5.32 Å². The Labute approximate surface area is 164 Å². The number of hydrogen-bond acceptors (Lipinski definition) is 4. The first kappa shape index (κ1) is 20.0. The quantitative estimate of drug-likeness (QED) is 0.777. The summed E-state index contributed by atoms with van der Waals surface area (Å²) in [6, 6.07) is 9.89. The number of methoxy groups -OCH3 is 3. The zero-order valence-electron chi connectivity index (χ0n) is 16.5. The molecule has 0 bridgehead atoms. The van der Waals surface area contributed by atoms with Crippen molar-refractivity contribution in [2.24, 2.45) is 0 Å². The van der Waals surface area contributed by atoms with E-state index in [1.165, 1.54) is 33.5 Å². The van der Waals surface area contributed by atoms with Crippen molar-refractivity contribution in [1.29, 1.82) is 0 Å². The molecule has 2 aromatic carbocycles. The number of halogens is 1. The number of carbonyl (C=O) groups is 1. The molecule has 0 spiro atoms. The Morgan fingerprint density at radius 2 is 1.57 bits per heavy atom. The van der Waals surface area contributed by atoms with Crippen LogP contribution in [-0.4, -0.2) is 33.8 Å². The van der Waals surface area contributed by atoms with E-state index in [1.807, 2.05) is 12.1 Å². The minimum atomic E-state index is -0.252. The van der Waals surface area contributed by atoms with Crippen LogP contribution in [0.4, 0.5) is 4.39 Å². The van der Waals surface area contributed by atoms with Crippen molar-refractivity contribution in [1.82, 2.24) is 5.32 Å². The molecule has 0 aliphatic heterocycles. The zero-order valence-corrected chi connectivity index (χ0v) is 16.5. The zero-order chi connectivity index (χ0) is 20.1. The Morgan fingerprint density at radius 3 is 2.07 bits per heavy atom. The molecule has 28 heavy (non-hydrogen) atoms. The van der Waals surface area contributed by atoms with Crippen LogP contribution in [0.5, 0.6) is 17.2 Å². The second-order valence-corrected chi connectivity index (χ2v) is 7.09. The largest absolute Gasteiger partial charge is 0.493 e. The highest BCUT2D eigenvalue weighted by atomic mass is 19.1. The number of nitrogens with one attached hydrogen (secondary N) is 1. The predicted molar refractivity (Wildman–Crippen MR) is 105 cm³/mol. The highest BCUT2D eigenvalue weighted by Crippen LogP contribution is 2.41. The van der Waals surface area contributed by atoms with Crippen LogP contribution in [0.2, 0.25) is 0 Å². The van der Waals surface area contributed by atoms with Crippen molar-refractivity contribution < 1.29 is 23.4 Å². The van der Waals surface area contributed by atoms with Gasteiger partial charge in [-0.05, 0) is 42.7 Å². The summed E-state index contributed by atoms with van der Waals surface area (Å²) >= 11 is 0. The lowest BCUT2D eigenvalue weighted by atomic mass is 9.78. The minimum Gasteiger partial charge on any atom is -0.493 e. The van der Waals surface area contributed by atoms with Crippen molar-refractivity contribution in [2.75, 3.05) is 27.9 Å². The Balaban J connectivity index is 1.81. The van der Waals surface area contributed by atoms with Gasteiger partial charge in [0.15, 0.2) is 11.5 Å². The van der Waals surface area contributed by atoms with Gasteiger partial charge in [0, 0.05) is 17.5 Å². The molecule has 0 heterocycles. The van der Waals surface area contributed by atoms with Crippen LogP contribution in [0.15, 0.2) is 36.4 Å². The van der Waals surface area contributed by atoms with Gasteiger partial charge in [0.1, 0.15) is 5.82 Å². The fraction of sp³-hybridized carbons (Fsp3) is 0.409. The van der Waals surface area contributed by atoms with Crippen molar-refractivity contribution in [2.45, 2.75) is 31.1 Å². The standard InChI is InChI=1S/C22H26FNO4/c1-26-18-12-15(13-19(27-2)20(18)28-3)21(25)24-14-22(10-4-5-11-22)16-6-8-17(23)9-7-16/h6-9,12-13H,4-5,10-11,14H2,1-3H3,(H,24,25). The molecule has 0 aromatic heterocycles. The minimum absolute atomic E-state index is 0.163. The van der Waals surface area contributed by atoms with Crippen LogP contribution in [-0.2, 0) is 5.41 Å². The van der Waals surface area contributed by atoms with Gasteiger partial charge in [-0.15, -0.1) is 0 Å². The Kier molecular flexibility index (Phi) is 6.07. The molecule has 0 unspecified atom stereocenters. The van der Waals surface area contributed by atoms with Crippen molar-refractivity contribution in [3.05, 3.63) is 53.3 Å². The molecule has 150 valence electrons. The van der Waals surface area contributed by atoms with Gasteiger partial charge in [-0.25, -0.2) is 4.39 Å². The van der Waals surface area contributed by atoms with Crippen LogP contribution < -0.4 is 19.5 Å². The summed E-state index contributed by atoms with van der Waals surface area (Å²) in [5.41, 5.74) is 1.34. The van der Waals surface area contributed by atoms with Crippen LogP contribution in [0.1, 0.15) is 41.6 Å². The molecular weight excluding hydrogens is 361 g/mol. The number of rotatable bonds is 7. The smallest absolute Gasteiger partial charge is 0.251 e. The van der Waals surface area contributed by atoms with Gasteiger partial charge < -0.3 is 19.5 Å². The van der Waals surface area contributed by atoms with Gasteiger partial charge in [0.2, 0.25) is 5.75 Å². The van der Waals surface area contributed by atoms with Crippen molar-refractivity contribution >= 4 is 5.91 Å². The number of ether oxygens (including phenoxy) is 3. The van der Waals surface area contributed by atoms with Gasteiger partial charge in [-0.2, -0.15) is 0 Å². The first-order chi connectivity index (χ1) is 13.5. The van der Waals surface area contributed by atoms with E-state index in [9.17, 15) is 9.18 Å². The SMILES string of the molecule is COc1cc(C(=O)NCC2(c3ccc(F)cc3)CCCC2)cc(OC)c1OC. The summed E-state index contributed by atoms with van der Waals surface area (Å²) < 4.78 is 29.3. The summed E-state index contributed by atoms with van der Waals surface area (Å²) in [5.74, 6) is 0.841. The van der Waals surface area contributed by atoms with Crippen molar-refractivity contribution in [3.8, 4) is 17.2 Å². The molecule has 1 saturated carbocycles. The second-order valence-electron chi connectivity index (χ2n) is 7.09. The van der Waals surface area contributed by atoms with E-state index in [1.54, 1.807) is 12.1 Å². The molecule has 3 rings (SSSR count). The van der Waals surface area contributed by atoms with E-state index >= 15 is 0 Å². The molecule has 2 aromatic rings. The third-order valence-corrected chi connectivity index (χ3v) is 5.53. The van der Waals surface area contributed by atoms with E-state index in [0.717, 1.165) is 31.2 Å². The molecule has 6 heteroatoms. The number of amides is 1. The molecule has 1 aliphatic rings. The van der Waals surface area contributed by atoms with E-state index < -0.39 is 0 Å². The van der Waals surface area contributed by atoms with Gasteiger partial charge >= 0.3 is 0 Å². The van der Waals surface area contributed by atoms with Crippen LogP contribution in [0.25, 0.3) is 0 Å². The summed E-state index contributed by atoms with van der Waals surface area (Å²) in [5, 5.41) is 3.05. The molecule has 0 atom stereocenters. The van der Waals surface area contributed by atoms with Gasteiger partial charge in [-0.3, -0.25) is 4.79 Å². The fourth-order valence-corrected chi connectivity index (χ4v) is 3.99. The molecule has 1 N–H and O–H groups in total. The third-order valence-electron chi connectivity index (χ3n) is 5.53. The van der Waals surface area contributed by atoms with Crippen LogP contribution in [0, 0.1) is 5.82 Å². The van der Waals surface area contributed by atoms with Gasteiger partial charge in [-0.1, -0.05) is 25.0 Å². The summed E-state index contributed by atoms with van der Waals surface area (Å²) in [7, 11) is 4.55. The maximum Gasteiger partial charge on any atom is 0.251 e. The lowest BCUT2D eigenvalue weighted by molar-refractivity contribution is 0.0942. The predicted octanol–water partition coefficient (Wildman–Crippen LogP) is 4.09. The Bertz CT molecular complexity index is 804. The maximum atomic E-state index is 13.3. The van der Waals surface area contributed by atoms with Gasteiger partial charge in [0.25, 0.3) is 5.91 Å². The molecule has 1 amide bonds. The first-order valence-electron chi connectivity index (χ1n) is 9.37. The Hall–Kier alpha value is -2.76. The highest BCUT2D eigenvalue weighted by Gasteiger charge is 2.36. The fourth-order valence-electron chi connectivity index (χ4n) is 3.99. The average molecular weight is 387 g/mol. The molecular formula is C22H26FNO4. The normalized spacial score (nSPS) is 15.1. The van der Waals surface area contributed by atoms with Gasteiger partial charge in [0.05, 0.1) is 21.3 Å². The average Bonchev–Trinajstić information content (AvgIpc) is 3.21. The summed E-state index contributed by atoms with van der Waals surface area (Å²) in [6.45, 7) is 0.494. The molecule has 1 aliphatic carbocycles. The molecule has 1 fully saturated rings. The lowest BCUT2D eigenvalue weighted by Gasteiger charge is -2.30.